The summed E-state index contributed by atoms with van der Waals surface area (Å²) in [6.45, 7) is 1.15. The molecule has 0 atom stereocenters. The van der Waals surface area contributed by atoms with Crippen LogP contribution in [0.15, 0.2) is 36.4 Å². The summed E-state index contributed by atoms with van der Waals surface area (Å²) in [4.78, 5) is 23.5. The van der Waals surface area contributed by atoms with Crippen molar-refractivity contribution < 1.29 is 29.3 Å². The summed E-state index contributed by atoms with van der Waals surface area (Å²) in [5.74, 6) is -0.638. The number of esters is 2. The average Bonchev–Trinajstić information content (AvgIpc) is 2.60. The molecule has 2 N–H and O–H groups in total. The zero-order chi connectivity index (χ0) is 17.8. The van der Waals surface area contributed by atoms with E-state index >= 15 is 0 Å². The first-order valence-corrected chi connectivity index (χ1v) is 7.99. The normalized spacial score (nSPS) is 11.0. The van der Waals surface area contributed by atoms with Crippen LogP contribution >= 0.6 is 0 Å². The predicted octanol–water partition coefficient (Wildman–Crippen LogP) is 2.24. The fraction of sp³-hybridized carbons (Fsp3) is 0.444. The lowest BCUT2D eigenvalue weighted by Crippen LogP contribution is -2.25. The van der Waals surface area contributed by atoms with Gasteiger partial charge in [-0.3, -0.25) is 4.79 Å². The SMILES string of the molecule is CC/C=C\CCCC(=O)Oc1ccc(C(=O)OC(CO)CO)cc1. The van der Waals surface area contributed by atoms with E-state index in [0.29, 0.717) is 12.2 Å². The molecule has 0 amide bonds. The molecule has 0 bridgehead atoms. The fourth-order valence-corrected chi connectivity index (χ4v) is 1.84. The number of benzene rings is 1. The van der Waals surface area contributed by atoms with E-state index in [2.05, 4.69) is 13.0 Å². The van der Waals surface area contributed by atoms with Gasteiger partial charge in [-0.25, -0.2) is 4.79 Å². The molecular weight excluding hydrogens is 312 g/mol. The van der Waals surface area contributed by atoms with Crippen LogP contribution in [-0.2, 0) is 9.53 Å². The molecule has 0 aromatic heterocycles. The summed E-state index contributed by atoms with van der Waals surface area (Å²) in [6, 6.07) is 5.91. The Bertz CT molecular complexity index is 531. The number of aliphatic hydroxyl groups is 2. The van der Waals surface area contributed by atoms with Gasteiger partial charge in [0, 0.05) is 6.42 Å². The van der Waals surface area contributed by atoms with Gasteiger partial charge in [0.25, 0.3) is 0 Å². The Hall–Kier alpha value is -2.18. The zero-order valence-corrected chi connectivity index (χ0v) is 13.8. The lowest BCUT2D eigenvalue weighted by molar-refractivity contribution is -0.134. The molecule has 24 heavy (non-hydrogen) atoms. The molecular formula is C18H24O6. The molecule has 0 heterocycles. The predicted molar refractivity (Wildman–Crippen MR) is 88.7 cm³/mol. The molecule has 0 aliphatic carbocycles. The number of hydrogen-bond acceptors (Lipinski definition) is 6. The maximum absolute atomic E-state index is 11.8. The van der Waals surface area contributed by atoms with Crippen molar-refractivity contribution in [1.29, 1.82) is 0 Å². The highest BCUT2D eigenvalue weighted by atomic mass is 16.6. The Balaban J connectivity index is 2.45. The van der Waals surface area contributed by atoms with Crippen LogP contribution < -0.4 is 4.74 Å². The van der Waals surface area contributed by atoms with E-state index in [1.54, 1.807) is 0 Å². The second kappa shape index (κ2) is 11.4. The Kier molecular flexibility index (Phi) is 9.41. The van der Waals surface area contributed by atoms with Gasteiger partial charge in [0.15, 0.2) is 0 Å². The standard InChI is InChI=1S/C18H24O6/c1-2-3-4-5-6-7-17(21)23-15-10-8-14(9-11-15)18(22)24-16(12-19)13-20/h3-4,8-11,16,19-20H,2,5-7,12-13H2,1H3/b4-3-. The molecule has 0 aliphatic heterocycles. The Morgan fingerprint density at radius 1 is 1.12 bits per heavy atom. The van der Waals surface area contributed by atoms with E-state index in [-0.39, 0.29) is 11.5 Å². The number of unbranched alkanes of at least 4 members (excludes halogenated alkanes) is 1. The van der Waals surface area contributed by atoms with Gasteiger partial charge < -0.3 is 19.7 Å². The summed E-state index contributed by atoms with van der Waals surface area (Å²) in [7, 11) is 0. The third kappa shape index (κ3) is 7.39. The lowest BCUT2D eigenvalue weighted by Gasteiger charge is -2.12. The largest absolute Gasteiger partial charge is 0.454 e. The van der Waals surface area contributed by atoms with Crippen molar-refractivity contribution in [3.05, 3.63) is 42.0 Å². The molecule has 0 saturated carbocycles. The van der Waals surface area contributed by atoms with Crippen LogP contribution in [0.2, 0.25) is 0 Å². The highest BCUT2D eigenvalue weighted by molar-refractivity contribution is 5.89. The van der Waals surface area contributed by atoms with E-state index in [9.17, 15) is 9.59 Å². The summed E-state index contributed by atoms with van der Waals surface area (Å²) < 4.78 is 10.1. The van der Waals surface area contributed by atoms with Crippen LogP contribution in [0.5, 0.6) is 5.75 Å². The number of aliphatic hydroxyl groups excluding tert-OH is 2. The van der Waals surface area contributed by atoms with Crippen LogP contribution in [0, 0.1) is 0 Å². The Labute approximate surface area is 141 Å². The zero-order valence-electron chi connectivity index (χ0n) is 13.8. The van der Waals surface area contributed by atoms with Crippen molar-refractivity contribution >= 4 is 11.9 Å². The van der Waals surface area contributed by atoms with E-state index in [1.165, 1.54) is 24.3 Å². The minimum atomic E-state index is -0.947. The number of carbonyl (C=O) groups is 2. The average molecular weight is 336 g/mol. The maximum atomic E-state index is 11.8. The van der Waals surface area contributed by atoms with Crippen molar-refractivity contribution in [2.75, 3.05) is 13.2 Å². The van der Waals surface area contributed by atoms with E-state index in [4.69, 9.17) is 19.7 Å². The van der Waals surface area contributed by atoms with Crippen molar-refractivity contribution in [2.24, 2.45) is 0 Å². The molecule has 6 heteroatoms. The van der Waals surface area contributed by atoms with Crippen molar-refractivity contribution in [1.82, 2.24) is 0 Å². The molecule has 0 spiro atoms. The number of carbonyl (C=O) groups excluding carboxylic acids is 2. The van der Waals surface area contributed by atoms with Gasteiger partial charge in [0.2, 0.25) is 0 Å². The minimum Gasteiger partial charge on any atom is -0.454 e. The first-order valence-electron chi connectivity index (χ1n) is 7.99. The maximum Gasteiger partial charge on any atom is 0.338 e. The van der Waals surface area contributed by atoms with Crippen molar-refractivity contribution in [3.8, 4) is 5.75 Å². The van der Waals surface area contributed by atoms with Crippen LogP contribution in [0.1, 0.15) is 43.0 Å². The summed E-state index contributed by atoms with van der Waals surface area (Å²) in [5.41, 5.74) is 0.242. The fourth-order valence-electron chi connectivity index (χ4n) is 1.84. The second-order valence-electron chi connectivity index (χ2n) is 5.16. The topological polar surface area (TPSA) is 93.1 Å². The van der Waals surface area contributed by atoms with Gasteiger partial charge in [0.1, 0.15) is 11.9 Å². The van der Waals surface area contributed by atoms with Crippen molar-refractivity contribution in [2.45, 2.75) is 38.7 Å². The van der Waals surface area contributed by atoms with Crippen LogP contribution in [0.3, 0.4) is 0 Å². The van der Waals surface area contributed by atoms with Gasteiger partial charge in [0.05, 0.1) is 18.8 Å². The number of allylic oxidation sites excluding steroid dienone is 2. The molecule has 0 unspecified atom stereocenters. The van der Waals surface area contributed by atoms with Crippen LogP contribution in [0.4, 0.5) is 0 Å². The third-order valence-electron chi connectivity index (χ3n) is 3.16. The highest BCUT2D eigenvalue weighted by Gasteiger charge is 2.14. The van der Waals surface area contributed by atoms with Gasteiger partial charge in [-0.15, -0.1) is 0 Å². The molecule has 0 fully saturated rings. The van der Waals surface area contributed by atoms with E-state index in [0.717, 1.165) is 19.3 Å². The second-order valence-corrected chi connectivity index (χ2v) is 5.16. The summed E-state index contributed by atoms with van der Waals surface area (Å²) in [6.07, 6.45) is 6.02. The van der Waals surface area contributed by atoms with Gasteiger partial charge >= 0.3 is 11.9 Å². The third-order valence-corrected chi connectivity index (χ3v) is 3.16. The molecule has 0 radical (unpaired) electrons. The summed E-state index contributed by atoms with van der Waals surface area (Å²) >= 11 is 0. The smallest absolute Gasteiger partial charge is 0.338 e. The van der Waals surface area contributed by atoms with Gasteiger partial charge in [-0.2, -0.15) is 0 Å². The van der Waals surface area contributed by atoms with Crippen molar-refractivity contribution in [3.63, 3.8) is 0 Å². The molecule has 0 saturated heterocycles. The number of ether oxygens (including phenoxy) is 2. The van der Waals surface area contributed by atoms with Gasteiger partial charge in [-0.1, -0.05) is 19.1 Å². The molecule has 0 aliphatic rings. The molecule has 1 aromatic carbocycles. The molecule has 1 aromatic rings. The summed E-state index contributed by atoms with van der Waals surface area (Å²) in [5, 5.41) is 17.8. The lowest BCUT2D eigenvalue weighted by atomic mass is 10.2. The quantitative estimate of drug-likeness (QED) is 0.295. The Morgan fingerprint density at radius 3 is 2.38 bits per heavy atom. The molecule has 132 valence electrons. The number of hydrogen-bond donors (Lipinski definition) is 2. The number of rotatable bonds is 10. The molecule has 6 nitrogen and oxygen atoms in total. The minimum absolute atomic E-state index is 0.242. The first kappa shape index (κ1) is 19.9. The van der Waals surface area contributed by atoms with Gasteiger partial charge in [-0.05, 0) is 43.5 Å². The van der Waals surface area contributed by atoms with E-state index in [1.807, 2.05) is 6.08 Å². The van der Waals surface area contributed by atoms with E-state index < -0.39 is 25.3 Å². The monoisotopic (exact) mass is 336 g/mol. The van der Waals surface area contributed by atoms with Crippen LogP contribution in [0.25, 0.3) is 0 Å². The highest BCUT2D eigenvalue weighted by Crippen LogP contribution is 2.15. The first-order chi connectivity index (χ1) is 11.6. The Morgan fingerprint density at radius 2 is 1.79 bits per heavy atom. The molecule has 1 rings (SSSR count). The van der Waals surface area contributed by atoms with Crippen LogP contribution in [-0.4, -0.2) is 41.5 Å².